The topological polar surface area (TPSA) is 44.4 Å². The van der Waals surface area contributed by atoms with E-state index in [1.54, 1.807) is 0 Å². The van der Waals surface area contributed by atoms with Gasteiger partial charge in [0.2, 0.25) is 5.91 Å². The van der Waals surface area contributed by atoms with Crippen LogP contribution in [0.2, 0.25) is 0 Å². The summed E-state index contributed by atoms with van der Waals surface area (Å²) in [6.07, 6.45) is 8.29. The summed E-state index contributed by atoms with van der Waals surface area (Å²) in [6.45, 7) is 6.70. The molecule has 1 amide bonds. The fourth-order valence-electron chi connectivity index (χ4n) is 4.44. The second-order valence-corrected chi connectivity index (χ2v) is 7.36. The summed E-state index contributed by atoms with van der Waals surface area (Å²) >= 11 is 0. The molecule has 4 heteroatoms. The normalized spacial score (nSPS) is 34.0. The van der Waals surface area contributed by atoms with Crippen LogP contribution in [0.25, 0.3) is 0 Å². The molecule has 3 fully saturated rings. The Kier molecular flexibility index (Phi) is 5.17. The third-order valence-corrected chi connectivity index (χ3v) is 5.79. The summed E-state index contributed by atoms with van der Waals surface area (Å²) in [5, 5.41) is 6.86. The maximum absolute atomic E-state index is 12.2. The lowest BCUT2D eigenvalue weighted by Crippen LogP contribution is -2.41. The molecule has 2 atom stereocenters. The molecule has 0 radical (unpaired) electrons. The Balaban J connectivity index is 1.33. The maximum atomic E-state index is 12.2. The van der Waals surface area contributed by atoms with Crippen molar-refractivity contribution in [2.24, 2.45) is 11.8 Å². The zero-order chi connectivity index (χ0) is 14.7. The van der Waals surface area contributed by atoms with E-state index in [9.17, 15) is 4.79 Å². The minimum Gasteiger partial charge on any atom is -0.356 e. The Morgan fingerprint density at radius 3 is 2.38 bits per heavy atom. The van der Waals surface area contributed by atoms with Crippen molar-refractivity contribution >= 4 is 5.91 Å². The summed E-state index contributed by atoms with van der Waals surface area (Å²) in [6, 6.07) is 1.39. The Morgan fingerprint density at radius 1 is 1.10 bits per heavy atom. The van der Waals surface area contributed by atoms with Crippen molar-refractivity contribution in [3.05, 3.63) is 0 Å². The van der Waals surface area contributed by atoms with E-state index in [0.717, 1.165) is 19.5 Å². The zero-order valence-electron chi connectivity index (χ0n) is 13.4. The number of likely N-dealkylation sites (tertiary alicyclic amines) is 1. The van der Waals surface area contributed by atoms with E-state index < -0.39 is 0 Å². The van der Waals surface area contributed by atoms with Gasteiger partial charge in [-0.05, 0) is 70.0 Å². The van der Waals surface area contributed by atoms with Gasteiger partial charge in [-0.3, -0.25) is 4.79 Å². The molecule has 0 aromatic rings. The van der Waals surface area contributed by atoms with Crippen LogP contribution in [-0.4, -0.2) is 49.1 Å². The lowest BCUT2D eigenvalue weighted by atomic mass is 9.89. The van der Waals surface area contributed by atoms with Gasteiger partial charge in [0.15, 0.2) is 0 Å². The fourth-order valence-corrected chi connectivity index (χ4v) is 4.44. The van der Waals surface area contributed by atoms with Gasteiger partial charge < -0.3 is 15.5 Å². The molecule has 3 saturated heterocycles. The molecule has 120 valence electrons. The SMILES string of the molecule is CCN1CCC(CNC(=O)CC2CC3CCC(C2)N3)CC1. The lowest BCUT2D eigenvalue weighted by Gasteiger charge is -2.31. The fraction of sp³-hybridized carbons (Fsp3) is 0.941. The van der Waals surface area contributed by atoms with Crippen LogP contribution in [-0.2, 0) is 4.79 Å². The Hall–Kier alpha value is -0.610. The highest BCUT2D eigenvalue weighted by atomic mass is 16.1. The highest BCUT2D eigenvalue weighted by Crippen LogP contribution is 2.32. The Bertz CT molecular complexity index is 340. The van der Waals surface area contributed by atoms with Crippen LogP contribution < -0.4 is 10.6 Å². The molecule has 3 heterocycles. The first-order chi connectivity index (χ1) is 10.2. The number of hydrogen-bond donors (Lipinski definition) is 2. The van der Waals surface area contributed by atoms with Gasteiger partial charge in [0.1, 0.15) is 0 Å². The van der Waals surface area contributed by atoms with E-state index in [1.165, 1.54) is 51.6 Å². The van der Waals surface area contributed by atoms with Crippen LogP contribution >= 0.6 is 0 Å². The van der Waals surface area contributed by atoms with Gasteiger partial charge in [-0.25, -0.2) is 0 Å². The average Bonchev–Trinajstić information content (AvgIpc) is 2.84. The number of carbonyl (C=O) groups excluding carboxylic acids is 1. The molecule has 0 aromatic heterocycles. The largest absolute Gasteiger partial charge is 0.356 e. The second-order valence-electron chi connectivity index (χ2n) is 7.36. The van der Waals surface area contributed by atoms with Crippen molar-refractivity contribution < 1.29 is 4.79 Å². The second kappa shape index (κ2) is 7.10. The van der Waals surface area contributed by atoms with Crippen molar-refractivity contribution in [3.63, 3.8) is 0 Å². The highest BCUT2D eigenvalue weighted by molar-refractivity contribution is 5.76. The van der Waals surface area contributed by atoms with E-state index in [0.29, 0.717) is 29.8 Å². The first-order valence-corrected chi connectivity index (χ1v) is 8.98. The maximum Gasteiger partial charge on any atom is 0.220 e. The summed E-state index contributed by atoms with van der Waals surface area (Å²) < 4.78 is 0. The number of fused-ring (bicyclic) bond motifs is 2. The van der Waals surface area contributed by atoms with Crippen molar-refractivity contribution in [1.82, 2.24) is 15.5 Å². The smallest absolute Gasteiger partial charge is 0.220 e. The summed E-state index contributed by atoms with van der Waals surface area (Å²) in [7, 11) is 0. The number of rotatable bonds is 5. The van der Waals surface area contributed by atoms with Gasteiger partial charge in [0, 0.05) is 25.0 Å². The van der Waals surface area contributed by atoms with Crippen LogP contribution in [0.3, 0.4) is 0 Å². The molecule has 3 aliphatic heterocycles. The first kappa shape index (κ1) is 15.3. The number of piperidine rings is 2. The summed E-state index contributed by atoms with van der Waals surface area (Å²) in [5.74, 6) is 1.60. The Morgan fingerprint density at radius 2 is 1.76 bits per heavy atom. The van der Waals surface area contributed by atoms with E-state index >= 15 is 0 Å². The van der Waals surface area contributed by atoms with E-state index in [2.05, 4.69) is 22.5 Å². The first-order valence-electron chi connectivity index (χ1n) is 8.98. The number of hydrogen-bond acceptors (Lipinski definition) is 3. The van der Waals surface area contributed by atoms with Crippen molar-refractivity contribution in [2.45, 2.75) is 64.0 Å². The standard InChI is InChI=1S/C17H31N3O/c1-2-20-7-5-13(6-8-20)12-18-17(21)11-14-9-15-3-4-16(10-14)19-15/h13-16,19H,2-12H2,1H3,(H,18,21). The van der Waals surface area contributed by atoms with Crippen LogP contribution in [0.15, 0.2) is 0 Å². The molecular formula is C17H31N3O. The van der Waals surface area contributed by atoms with Gasteiger partial charge in [0.25, 0.3) is 0 Å². The molecule has 3 rings (SSSR count). The lowest BCUT2D eigenvalue weighted by molar-refractivity contribution is -0.122. The summed E-state index contributed by atoms with van der Waals surface area (Å²) in [4.78, 5) is 14.7. The molecule has 0 saturated carbocycles. The van der Waals surface area contributed by atoms with E-state index in [4.69, 9.17) is 0 Å². The molecule has 0 aromatic carbocycles. The predicted molar refractivity (Wildman–Crippen MR) is 85.1 cm³/mol. The van der Waals surface area contributed by atoms with Crippen LogP contribution in [0.1, 0.15) is 51.9 Å². The van der Waals surface area contributed by atoms with Crippen molar-refractivity contribution in [3.8, 4) is 0 Å². The van der Waals surface area contributed by atoms with Gasteiger partial charge in [-0.2, -0.15) is 0 Å². The monoisotopic (exact) mass is 293 g/mol. The quantitative estimate of drug-likeness (QED) is 0.812. The molecule has 3 aliphatic rings. The minimum atomic E-state index is 0.291. The molecule has 0 spiro atoms. The number of amides is 1. The molecule has 21 heavy (non-hydrogen) atoms. The van der Waals surface area contributed by atoms with Gasteiger partial charge in [-0.15, -0.1) is 0 Å². The summed E-state index contributed by atoms with van der Waals surface area (Å²) in [5.41, 5.74) is 0. The van der Waals surface area contributed by atoms with Crippen LogP contribution in [0.4, 0.5) is 0 Å². The predicted octanol–water partition coefficient (Wildman–Crippen LogP) is 1.76. The van der Waals surface area contributed by atoms with Gasteiger partial charge in [-0.1, -0.05) is 6.92 Å². The van der Waals surface area contributed by atoms with E-state index in [-0.39, 0.29) is 0 Å². The number of carbonyl (C=O) groups is 1. The molecular weight excluding hydrogens is 262 g/mol. The zero-order valence-corrected chi connectivity index (χ0v) is 13.4. The molecule has 0 aliphatic carbocycles. The molecule has 2 N–H and O–H groups in total. The van der Waals surface area contributed by atoms with Crippen LogP contribution in [0.5, 0.6) is 0 Å². The number of nitrogens with zero attached hydrogens (tertiary/aromatic N) is 1. The molecule has 2 unspecified atom stereocenters. The molecule has 2 bridgehead atoms. The van der Waals surface area contributed by atoms with Crippen LogP contribution in [0, 0.1) is 11.8 Å². The van der Waals surface area contributed by atoms with Gasteiger partial charge in [0.05, 0.1) is 0 Å². The van der Waals surface area contributed by atoms with Crippen molar-refractivity contribution in [2.75, 3.05) is 26.2 Å². The average molecular weight is 293 g/mol. The van der Waals surface area contributed by atoms with E-state index in [1.807, 2.05) is 0 Å². The number of nitrogens with one attached hydrogen (secondary N) is 2. The van der Waals surface area contributed by atoms with Crippen molar-refractivity contribution in [1.29, 1.82) is 0 Å². The molecule has 4 nitrogen and oxygen atoms in total. The third kappa shape index (κ3) is 4.19. The Labute approximate surface area is 129 Å². The highest BCUT2D eigenvalue weighted by Gasteiger charge is 2.34. The third-order valence-electron chi connectivity index (χ3n) is 5.79. The minimum absolute atomic E-state index is 0.291. The van der Waals surface area contributed by atoms with Gasteiger partial charge >= 0.3 is 0 Å².